The summed E-state index contributed by atoms with van der Waals surface area (Å²) in [5.41, 5.74) is 1.72. The number of morpholine rings is 1. The van der Waals surface area contributed by atoms with Crippen LogP contribution >= 0.6 is 11.6 Å². The summed E-state index contributed by atoms with van der Waals surface area (Å²) in [4.78, 5) is 14.6. The Kier molecular flexibility index (Phi) is 6.35. The average Bonchev–Trinajstić information content (AvgIpc) is 2.62. The van der Waals surface area contributed by atoms with Crippen molar-refractivity contribution in [3.05, 3.63) is 23.2 Å². The van der Waals surface area contributed by atoms with Gasteiger partial charge in [-0.05, 0) is 50.4 Å². The lowest BCUT2D eigenvalue weighted by Crippen LogP contribution is -2.37. The molecule has 6 heteroatoms. The molecular weight excluding hydrogens is 326 g/mol. The lowest BCUT2D eigenvalue weighted by atomic mass is 9.93. The van der Waals surface area contributed by atoms with Crippen LogP contribution in [0.5, 0.6) is 0 Å². The lowest BCUT2D eigenvalue weighted by molar-refractivity contribution is -0.116. The standard InChI is InChI=1S/C18H26ClN3O2/c19-15-2-1-3-16(18(15)22-10-12-24-13-11-22)21-17(23)5-4-14-6-8-20-9-7-14/h1-3,14,20H,4-13H2,(H,21,23). The molecule has 2 aliphatic rings. The zero-order valence-electron chi connectivity index (χ0n) is 14.0. The highest BCUT2D eigenvalue weighted by Gasteiger charge is 2.20. The van der Waals surface area contributed by atoms with E-state index in [1.807, 2.05) is 18.2 Å². The van der Waals surface area contributed by atoms with Crippen LogP contribution in [0.3, 0.4) is 0 Å². The van der Waals surface area contributed by atoms with Crippen LogP contribution in [0.4, 0.5) is 11.4 Å². The zero-order chi connectivity index (χ0) is 16.8. The summed E-state index contributed by atoms with van der Waals surface area (Å²) in [6.07, 6.45) is 3.87. The van der Waals surface area contributed by atoms with E-state index in [-0.39, 0.29) is 5.91 Å². The molecule has 3 rings (SSSR count). The predicted octanol–water partition coefficient (Wildman–Crippen LogP) is 2.89. The highest BCUT2D eigenvalue weighted by Crippen LogP contribution is 2.34. The van der Waals surface area contributed by atoms with Crippen LogP contribution in [0.2, 0.25) is 5.02 Å². The van der Waals surface area contributed by atoms with Crippen molar-refractivity contribution in [3.8, 4) is 0 Å². The first-order valence-corrected chi connectivity index (χ1v) is 9.23. The summed E-state index contributed by atoms with van der Waals surface area (Å²) in [5.74, 6) is 0.736. The van der Waals surface area contributed by atoms with Crippen molar-refractivity contribution >= 4 is 28.9 Å². The number of amides is 1. The monoisotopic (exact) mass is 351 g/mol. The second-order valence-electron chi connectivity index (χ2n) is 6.52. The Labute approximate surface area is 148 Å². The van der Waals surface area contributed by atoms with E-state index in [9.17, 15) is 4.79 Å². The number of carbonyl (C=O) groups excluding carboxylic acids is 1. The lowest BCUT2D eigenvalue weighted by Gasteiger charge is -2.31. The summed E-state index contributed by atoms with van der Waals surface area (Å²) in [7, 11) is 0. The summed E-state index contributed by atoms with van der Waals surface area (Å²) < 4.78 is 5.41. The largest absolute Gasteiger partial charge is 0.378 e. The van der Waals surface area contributed by atoms with E-state index in [1.54, 1.807) is 0 Å². The predicted molar refractivity (Wildman–Crippen MR) is 97.9 cm³/mol. The highest BCUT2D eigenvalue weighted by atomic mass is 35.5. The maximum Gasteiger partial charge on any atom is 0.224 e. The molecule has 2 aliphatic heterocycles. The van der Waals surface area contributed by atoms with Gasteiger partial charge in [0.25, 0.3) is 0 Å². The first-order valence-electron chi connectivity index (χ1n) is 8.86. The molecular formula is C18H26ClN3O2. The van der Waals surface area contributed by atoms with Gasteiger partial charge in [-0.3, -0.25) is 4.79 Å². The van der Waals surface area contributed by atoms with Crippen LogP contribution in [0.25, 0.3) is 0 Å². The number of piperidine rings is 1. The SMILES string of the molecule is O=C(CCC1CCNCC1)Nc1cccc(Cl)c1N1CCOCC1. The van der Waals surface area contributed by atoms with Crippen LogP contribution in [0.15, 0.2) is 18.2 Å². The number of rotatable bonds is 5. The van der Waals surface area contributed by atoms with Crippen molar-refractivity contribution < 1.29 is 9.53 Å². The Hall–Kier alpha value is -1.30. The Morgan fingerprint density at radius 1 is 1.29 bits per heavy atom. The number of benzene rings is 1. The molecule has 0 aliphatic carbocycles. The Balaban J connectivity index is 1.61. The number of carbonyl (C=O) groups is 1. The molecule has 0 spiro atoms. The minimum atomic E-state index is 0.0744. The number of anilines is 2. The number of ether oxygens (including phenoxy) is 1. The zero-order valence-corrected chi connectivity index (χ0v) is 14.8. The van der Waals surface area contributed by atoms with Crippen molar-refractivity contribution in [3.63, 3.8) is 0 Å². The van der Waals surface area contributed by atoms with Gasteiger partial charge in [-0.25, -0.2) is 0 Å². The topological polar surface area (TPSA) is 53.6 Å². The van der Waals surface area contributed by atoms with Crippen LogP contribution in [-0.2, 0) is 9.53 Å². The van der Waals surface area contributed by atoms with Gasteiger partial charge in [0.05, 0.1) is 29.6 Å². The van der Waals surface area contributed by atoms with E-state index in [4.69, 9.17) is 16.3 Å². The van der Waals surface area contributed by atoms with Crippen LogP contribution < -0.4 is 15.5 Å². The molecule has 1 aromatic carbocycles. The minimum Gasteiger partial charge on any atom is -0.378 e. The quantitative estimate of drug-likeness (QED) is 0.856. The average molecular weight is 352 g/mol. The van der Waals surface area contributed by atoms with Gasteiger partial charge in [0.2, 0.25) is 5.91 Å². The molecule has 0 atom stereocenters. The minimum absolute atomic E-state index is 0.0744. The number of para-hydroxylation sites is 1. The fourth-order valence-corrected chi connectivity index (χ4v) is 3.74. The van der Waals surface area contributed by atoms with Gasteiger partial charge >= 0.3 is 0 Å². The molecule has 24 heavy (non-hydrogen) atoms. The summed E-state index contributed by atoms with van der Waals surface area (Å²) in [6, 6.07) is 5.69. The van der Waals surface area contributed by atoms with Gasteiger partial charge in [-0.15, -0.1) is 0 Å². The second kappa shape index (κ2) is 8.70. The van der Waals surface area contributed by atoms with E-state index < -0.39 is 0 Å². The van der Waals surface area contributed by atoms with Gasteiger partial charge in [0, 0.05) is 19.5 Å². The second-order valence-corrected chi connectivity index (χ2v) is 6.92. The van der Waals surface area contributed by atoms with Gasteiger partial charge in [0.15, 0.2) is 0 Å². The number of nitrogens with one attached hydrogen (secondary N) is 2. The van der Waals surface area contributed by atoms with E-state index >= 15 is 0 Å². The van der Waals surface area contributed by atoms with Crippen molar-refractivity contribution in [2.24, 2.45) is 5.92 Å². The third-order valence-corrected chi connectivity index (χ3v) is 5.13. The summed E-state index contributed by atoms with van der Waals surface area (Å²) >= 11 is 6.40. The normalized spacial score (nSPS) is 19.3. The third-order valence-electron chi connectivity index (χ3n) is 4.83. The molecule has 0 unspecified atom stereocenters. The number of halogens is 1. The molecule has 2 N–H and O–H groups in total. The molecule has 0 saturated carbocycles. The Morgan fingerprint density at radius 3 is 2.79 bits per heavy atom. The molecule has 0 aromatic heterocycles. The van der Waals surface area contributed by atoms with Crippen molar-refractivity contribution in [2.75, 3.05) is 49.6 Å². The van der Waals surface area contributed by atoms with Gasteiger partial charge in [-0.2, -0.15) is 0 Å². The summed E-state index contributed by atoms with van der Waals surface area (Å²) in [5, 5.41) is 7.10. The number of hydrogen-bond acceptors (Lipinski definition) is 4. The molecule has 0 bridgehead atoms. The van der Waals surface area contributed by atoms with E-state index in [1.165, 1.54) is 12.8 Å². The van der Waals surface area contributed by atoms with E-state index in [0.29, 0.717) is 30.6 Å². The van der Waals surface area contributed by atoms with Gasteiger partial charge < -0.3 is 20.3 Å². The molecule has 0 radical (unpaired) electrons. The maximum absolute atomic E-state index is 12.4. The Morgan fingerprint density at radius 2 is 2.04 bits per heavy atom. The van der Waals surface area contributed by atoms with Gasteiger partial charge in [0.1, 0.15) is 0 Å². The van der Waals surface area contributed by atoms with E-state index in [2.05, 4.69) is 15.5 Å². The first-order chi connectivity index (χ1) is 11.7. The van der Waals surface area contributed by atoms with Crippen molar-refractivity contribution in [2.45, 2.75) is 25.7 Å². The van der Waals surface area contributed by atoms with Crippen LogP contribution in [0, 0.1) is 5.92 Å². The molecule has 1 amide bonds. The smallest absolute Gasteiger partial charge is 0.224 e. The molecule has 1 aromatic rings. The maximum atomic E-state index is 12.4. The molecule has 132 valence electrons. The molecule has 5 nitrogen and oxygen atoms in total. The number of hydrogen-bond donors (Lipinski definition) is 2. The highest BCUT2D eigenvalue weighted by molar-refractivity contribution is 6.34. The molecule has 2 heterocycles. The fourth-order valence-electron chi connectivity index (χ4n) is 3.44. The fraction of sp³-hybridized carbons (Fsp3) is 0.611. The first kappa shape index (κ1) is 17.5. The van der Waals surface area contributed by atoms with Crippen molar-refractivity contribution in [1.82, 2.24) is 5.32 Å². The van der Waals surface area contributed by atoms with Gasteiger partial charge in [-0.1, -0.05) is 17.7 Å². The van der Waals surface area contributed by atoms with E-state index in [0.717, 1.165) is 44.0 Å². The van der Waals surface area contributed by atoms with Crippen molar-refractivity contribution in [1.29, 1.82) is 0 Å². The van der Waals surface area contributed by atoms with Crippen LogP contribution in [-0.4, -0.2) is 45.3 Å². The summed E-state index contributed by atoms with van der Waals surface area (Å²) in [6.45, 7) is 5.11. The third kappa shape index (κ3) is 4.62. The molecule has 2 fully saturated rings. The Bertz CT molecular complexity index is 555. The molecule has 2 saturated heterocycles. The van der Waals surface area contributed by atoms with Crippen LogP contribution in [0.1, 0.15) is 25.7 Å². The number of nitrogens with zero attached hydrogens (tertiary/aromatic N) is 1.